The Kier molecular flexibility index (Phi) is 8.01. The van der Waals surface area contributed by atoms with E-state index in [1.807, 2.05) is 4.90 Å². The fraction of sp³-hybridized carbons (Fsp3) is 0.929. The number of amides is 1. The van der Waals surface area contributed by atoms with Crippen molar-refractivity contribution in [1.82, 2.24) is 9.80 Å². The van der Waals surface area contributed by atoms with Gasteiger partial charge in [-0.1, -0.05) is 26.2 Å². The highest BCUT2D eigenvalue weighted by Crippen LogP contribution is 2.10. The number of hydrogen-bond donors (Lipinski definition) is 1. The van der Waals surface area contributed by atoms with Crippen LogP contribution in [0.25, 0.3) is 0 Å². The van der Waals surface area contributed by atoms with Crippen molar-refractivity contribution in [2.24, 2.45) is 0 Å². The third-order valence-electron chi connectivity index (χ3n) is 3.52. The van der Waals surface area contributed by atoms with Gasteiger partial charge >= 0.3 is 0 Å². The van der Waals surface area contributed by atoms with E-state index in [0.717, 1.165) is 38.9 Å². The van der Waals surface area contributed by atoms with Crippen LogP contribution in [0, 0.1) is 0 Å². The lowest BCUT2D eigenvalue weighted by atomic mass is 10.1. The molecule has 0 unspecified atom stereocenters. The highest BCUT2D eigenvalue weighted by molar-refractivity contribution is 5.78. The van der Waals surface area contributed by atoms with Gasteiger partial charge in [-0.2, -0.15) is 0 Å². The average molecular weight is 256 g/mol. The monoisotopic (exact) mass is 256 g/mol. The zero-order valence-electron chi connectivity index (χ0n) is 11.7. The minimum absolute atomic E-state index is 0.132. The molecular formula is C14H28N2O2. The normalized spacial score (nSPS) is 17.6. The summed E-state index contributed by atoms with van der Waals surface area (Å²) in [7, 11) is 0. The van der Waals surface area contributed by atoms with E-state index in [0.29, 0.717) is 13.1 Å². The van der Waals surface area contributed by atoms with Crippen LogP contribution in [0.4, 0.5) is 0 Å². The lowest BCUT2D eigenvalue weighted by Gasteiger charge is -2.28. The van der Waals surface area contributed by atoms with Gasteiger partial charge in [0.05, 0.1) is 13.2 Å². The molecule has 106 valence electrons. The maximum absolute atomic E-state index is 12.2. The molecule has 0 bridgehead atoms. The van der Waals surface area contributed by atoms with Gasteiger partial charge in [-0.3, -0.25) is 9.69 Å². The molecule has 0 aromatic heterocycles. The van der Waals surface area contributed by atoms with Gasteiger partial charge in [-0.15, -0.1) is 0 Å². The standard InChI is InChI=1S/C14H28N2O2/c1-2-8-15(11-12-17)13-14(18)16-9-6-4-3-5-7-10-16/h17H,2-13H2,1H3. The molecule has 1 aliphatic rings. The maximum Gasteiger partial charge on any atom is 0.236 e. The quantitative estimate of drug-likeness (QED) is 0.783. The van der Waals surface area contributed by atoms with Gasteiger partial charge in [0, 0.05) is 19.6 Å². The first kappa shape index (κ1) is 15.4. The molecule has 1 heterocycles. The van der Waals surface area contributed by atoms with Crippen LogP contribution in [0.2, 0.25) is 0 Å². The van der Waals surface area contributed by atoms with E-state index in [9.17, 15) is 4.79 Å². The van der Waals surface area contributed by atoms with Crippen molar-refractivity contribution < 1.29 is 9.90 Å². The minimum atomic E-state index is 0.132. The summed E-state index contributed by atoms with van der Waals surface area (Å²) < 4.78 is 0. The van der Waals surface area contributed by atoms with E-state index in [1.165, 1.54) is 19.3 Å². The Morgan fingerprint density at radius 2 is 1.72 bits per heavy atom. The van der Waals surface area contributed by atoms with Crippen LogP contribution in [0.3, 0.4) is 0 Å². The Bertz CT molecular complexity index is 220. The molecule has 0 spiro atoms. The molecule has 4 heteroatoms. The van der Waals surface area contributed by atoms with Gasteiger partial charge in [-0.05, 0) is 25.8 Å². The number of carbonyl (C=O) groups is 1. The zero-order chi connectivity index (χ0) is 13.2. The van der Waals surface area contributed by atoms with Crippen LogP contribution in [0.5, 0.6) is 0 Å². The third-order valence-corrected chi connectivity index (χ3v) is 3.52. The topological polar surface area (TPSA) is 43.8 Å². The van der Waals surface area contributed by atoms with Crippen molar-refractivity contribution in [3.63, 3.8) is 0 Å². The molecule has 1 fully saturated rings. The number of aliphatic hydroxyl groups is 1. The lowest BCUT2D eigenvalue weighted by molar-refractivity contribution is -0.132. The Morgan fingerprint density at radius 1 is 1.11 bits per heavy atom. The second-order valence-corrected chi connectivity index (χ2v) is 5.15. The molecule has 0 aliphatic carbocycles. The van der Waals surface area contributed by atoms with Crippen LogP contribution in [0.1, 0.15) is 45.4 Å². The largest absolute Gasteiger partial charge is 0.395 e. The van der Waals surface area contributed by atoms with E-state index >= 15 is 0 Å². The minimum Gasteiger partial charge on any atom is -0.395 e. The molecule has 1 amide bonds. The molecule has 0 saturated carbocycles. The number of carbonyl (C=O) groups excluding carboxylic acids is 1. The molecule has 4 nitrogen and oxygen atoms in total. The molecule has 18 heavy (non-hydrogen) atoms. The molecule has 0 aromatic carbocycles. The predicted octanol–water partition coefficient (Wildman–Crippen LogP) is 1.48. The number of rotatable bonds is 6. The van der Waals surface area contributed by atoms with Gasteiger partial charge in [0.25, 0.3) is 0 Å². The van der Waals surface area contributed by atoms with Crippen molar-refractivity contribution in [3.8, 4) is 0 Å². The van der Waals surface area contributed by atoms with E-state index < -0.39 is 0 Å². The molecule has 1 rings (SSSR count). The van der Waals surface area contributed by atoms with Crippen molar-refractivity contribution in [2.75, 3.05) is 39.3 Å². The summed E-state index contributed by atoms with van der Waals surface area (Å²) >= 11 is 0. The Balaban J connectivity index is 2.39. The molecule has 0 radical (unpaired) electrons. The fourth-order valence-corrected chi connectivity index (χ4v) is 2.52. The van der Waals surface area contributed by atoms with E-state index in [2.05, 4.69) is 11.8 Å². The van der Waals surface area contributed by atoms with Crippen LogP contribution in [-0.4, -0.2) is 60.1 Å². The smallest absolute Gasteiger partial charge is 0.236 e. The summed E-state index contributed by atoms with van der Waals surface area (Å²) in [5.41, 5.74) is 0. The Morgan fingerprint density at radius 3 is 2.28 bits per heavy atom. The number of aliphatic hydroxyl groups excluding tert-OH is 1. The van der Waals surface area contributed by atoms with E-state index in [1.54, 1.807) is 0 Å². The van der Waals surface area contributed by atoms with Gasteiger partial charge < -0.3 is 10.0 Å². The SMILES string of the molecule is CCCN(CCO)CC(=O)N1CCCCCCC1. The first-order chi connectivity index (χ1) is 8.77. The second-order valence-electron chi connectivity index (χ2n) is 5.15. The molecule has 1 N–H and O–H groups in total. The fourth-order valence-electron chi connectivity index (χ4n) is 2.52. The summed E-state index contributed by atoms with van der Waals surface area (Å²) in [6.45, 7) is 6.02. The maximum atomic E-state index is 12.2. The van der Waals surface area contributed by atoms with Crippen molar-refractivity contribution in [1.29, 1.82) is 0 Å². The molecular weight excluding hydrogens is 228 g/mol. The highest BCUT2D eigenvalue weighted by Gasteiger charge is 2.17. The van der Waals surface area contributed by atoms with Gasteiger partial charge in [0.2, 0.25) is 5.91 Å². The summed E-state index contributed by atoms with van der Waals surface area (Å²) in [5, 5.41) is 9.00. The van der Waals surface area contributed by atoms with Crippen molar-refractivity contribution in [3.05, 3.63) is 0 Å². The first-order valence-electron chi connectivity index (χ1n) is 7.39. The Labute approximate surface area is 111 Å². The summed E-state index contributed by atoms with van der Waals surface area (Å²) in [4.78, 5) is 16.3. The summed E-state index contributed by atoms with van der Waals surface area (Å²) in [6.07, 6.45) is 7.11. The first-order valence-corrected chi connectivity index (χ1v) is 7.39. The van der Waals surface area contributed by atoms with Crippen LogP contribution in [-0.2, 0) is 4.79 Å². The second kappa shape index (κ2) is 9.34. The van der Waals surface area contributed by atoms with Crippen LogP contribution >= 0.6 is 0 Å². The lowest BCUT2D eigenvalue weighted by Crippen LogP contribution is -2.42. The summed E-state index contributed by atoms with van der Waals surface area (Å²) in [5.74, 6) is 0.235. The number of nitrogens with zero attached hydrogens (tertiary/aromatic N) is 2. The van der Waals surface area contributed by atoms with Crippen LogP contribution < -0.4 is 0 Å². The van der Waals surface area contributed by atoms with E-state index in [4.69, 9.17) is 5.11 Å². The molecule has 1 aliphatic heterocycles. The average Bonchev–Trinajstić information content (AvgIpc) is 2.28. The number of likely N-dealkylation sites (tertiary alicyclic amines) is 1. The van der Waals surface area contributed by atoms with Gasteiger partial charge in [-0.25, -0.2) is 0 Å². The summed E-state index contributed by atoms with van der Waals surface area (Å²) in [6, 6.07) is 0. The van der Waals surface area contributed by atoms with E-state index in [-0.39, 0.29) is 12.5 Å². The molecule has 0 atom stereocenters. The van der Waals surface area contributed by atoms with Crippen molar-refractivity contribution in [2.45, 2.75) is 45.4 Å². The molecule has 0 aromatic rings. The Hall–Kier alpha value is -0.610. The van der Waals surface area contributed by atoms with Crippen molar-refractivity contribution >= 4 is 5.91 Å². The van der Waals surface area contributed by atoms with Gasteiger partial charge in [0.1, 0.15) is 0 Å². The van der Waals surface area contributed by atoms with Crippen LogP contribution in [0.15, 0.2) is 0 Å². The zero-order valence-corrected chi connectivity index (χ0v) is 11.7. The third kappa shape index (κ3) is 5.83. The predicted molar refractivity (Wildman–Crippen MR) is 73.5 cm³/mol. The number of hydrogen-bond acceptors (Lipinski definition) is 3. The molecule has 1 saturated heterocycles. The highest BCUT2D eigenvalue weighted by atomic mass is 16.3. The van der Waals surface area contributed by atoms with Gasteiger partial charge in [0.15, 0.2) is 0 Å².